The molecule has 1 aliphatic heterocycles. The van der Waals surface area contributed by atoms with E-state index in [1.54, 1.807) is 23.7 Å². The Kier molecular flexibility index (Phi) is 4.50. The van der Waals surface area contributed by atoms with Crippen LogP contribution in [0.25, 0.3) is 10.6 Å². The monoisotopic (exact) mass is 355 g/mol. The van der Waals surface area contributed by atoms with E-state index >= 15 is 0 Å². The first kappa shape index (κ1) is 16.2. The van der Waals surface area contributed by atoms with Crippen LogP contribution < -0.4 is 0 Å². The number of Topliss-reactive ketones (excluding diaryl/α,β-unsaturated/α-hetero) is 1. The number of nitrogens with zero attached hydrogens (tertiary/aromatic N) is 4. The summed E-state index contributed by atoms with van der Waals surface area (Å²) in [7, 11) is 1.88. The lowest BCUT2D eigenvalue weighted by atomic mass is 9.93. The maximum absolute atomic E-state index is 12.7. The molecule has 0 radical (unpaired) electrons. The summed E-state index contributed by atoms with van der Waals surface area (Å²) in [4.78, 5) is 21.8. The molecule has 1 saturated heterocycles. The number of rotatable bonds is 5. The maximum atomic E-state index is 12.7. The summed E-state index contributed by atoms with van der Waals surface area (Å²) in [6.07, 6.45) is 7.30. The molecule has 4 heterocycles. The van der Waals surface area contributed by atoms with Gasteiger partial charge in [0.05, 0.1) is 10.6 Å². The minimum absolute atomic E-state index is 0.0434. The van der Waals surface area contributed by atoms with Gasteiger partial charge in [-0.2, -0.15) is 5.10 Å². The van der Waals surface area contributed by atoms with Gasteiger partial charge < -0.3 is 4.57 Å². The Morgan fingerprint density at radius 3 is 3.04 bits per heavy atom. The zero-order valence-electron chi connectivity index (χ0n) is 14.2. The van der Waals surface area contributed by atoms with Gasteiger partial charge in [0.15, 0.2) is 5.82 Å². The number of H-pyrrole nitrogens is 1. The first-order chi connectivity index (χ1) is 12.2. The molecule has 0 bridgehead atoms. The van der Waals surface area contributed by atoms with Crippen LogP contribution >= 0.6 is 11.3 Å². The second-order valence-electron chi connectivity index (χ2n) is 6.54. The lowest BCUT2D eigenvalue weighted by molar-refractivity contribution is 0.0799. The van der Waals surface area contributed by atoms with E-state index in [-0.39, 0.29) is 11.7 Å². The summed E-state index contributed by atoms with van der Waals surface area (Å²) < 4.78 is 1.82. The van der Waals surface area contributed by atoms with E-state index in [0.717, 1.165) is 38.2 Å². The second kappa shape index (κ2) is 6.93. The molecule has 0 aliphatic carbocycles. The third kappa shape index (κ3) is 3.43. The summed E-state index contributed by atoms with van der Waals surface area (Å²) in [6, 6.07) is 6.29. The van der Waals surface area contributed by atoms with Crippen LogP contribution in [0.1, 0.15) is 28.3 Å². The van der Waals surface area contributed by atoms with Gasteiger partial charge in [0, 0.05) is 49.5 Å². The smallest absolute Gasteiger partial charge is 0.202 e. The lowest BCUT2D eigenvalue weighted by Crippen LogP contribution is -2.38. The highest BCUT2D eigenvalue weighted by Crippen LogP contribution is 2.29. The van der Waals surface area contributed by atoms with E-state index in [9.17, 15) is 4.79 Å². The fraction of sp³-hybridized carbons (Fsp3) is 0.389. The van der Waals surface area contributed by atoms with Crippen LogP contribution in [0.5, 0.6) is 0 Å². The predicted octanol–water partition coefficient (Wildman–Crippen LogP) is 2.97. The number of hydrogen-bond acceptors (Lipinski definition) is 5. The molecule has 25 heavy (non-hydrogen) atoms. The van der Waals surface area contributed by atoms with Crippen LogP contribution in [0.2, 0.25) is 0 Å². The quantitative estimate of drug-likeness (QED) is 0.715. The number of carbonyl (C=O) groups is 1. The molecule has 1 atom stereocenters. The van der Waals surface area contributed by atoms with Crippen molar-refractivity contribution < 1.29 is 4.79 Å². The highest BCUT2D eigenvalue weighted by Gasteiger charge is 2.28. The Morgan fingerprint density at radius 1 is 1.36 bits per heavy atom. The van der Waals surface area contributed by atoms with Crippen LogP contribution in [-0.2, 0) is 13.6 Å². The summed E-state index contributed by atoms with van der Waals surface area (Å²) in [5.41, 5.74) is 1.05. The van der Waals surface area contributed by atoms with E-state index in [0.29, 0.717) is 5.82 Å². The summed E-state index contributed by atoms with van der Waals surface area (Å²) in [5.74, 6) is 0.785. The third-order valence-electron chi connectivity index (χ3n) is 4.73. The molecule has 0 saturated carbocycles. The molecule has 1 fully saturated rings. The van der Waals surface area contributed by atoms with Gasteiger partial charge in [-0.3, -0.25) is 14.8 Å². The van der Waals surface area contributed by atoms with Gasteiger partial charge in [0.1, 0.15) is 0 Å². The number of likely N-dealkylation sites (tertiary alicyclic amines) is 1. The molecule has 0 spiro atoms. The van der Waals surface area contributed by atoms with Crippen molar-refractivity contribution in [3.05, 3.63) is 47.5 Å². The molecule has 6 nitrogen and oxygen atoms in total. The molecule has 3 aromatic rings. The molecule has 130 valence electrons. The Labute approximate surface area is 150 Å². The molecule has 0 unspecified atom stereocenters. The maximum Gasteiger partial charge on any atom is 0.202 e. The average Bonchev–Trinajstić information content (AvgIpc) is 3.35. The Morgan fingerprint density at radius 2 is 2.28 bits per heavy atom. The van der Waals surface area contributed by atoms with Gasteiger partial charge in [0.25, 0.3) is 0 Å². The van der Waals surface area contributed by atoms with Gasteiger partial charge >= 0.3 is 0 Å². The molecule has 7 heteroatoms. The van der Waals surface area contributed by atoms with Gasteiger partial charge in [-0.1, -0.05) is 0 Å². The molecule has 4 rings (SSSR count). The number of thiophene rings is 1. The first-order valence-electron chi connectivity index (χ1n) is 8.53. The number of carbonyl (C=O) groups excluding carboxylic acids is 1. The van der Waals surface area contributed by atoms with Crippen LogP contribution in [0.15, 0.2) is 36.8 Å². The number of imidazole rings is 1. The van der Waals surface area contributed by atoms with Crippen LogP contribution in [-0.4, -0.2) is 43.5 Å². The summed E-state index contributed by atoms with van der Waals surface area (Å²) in [6.45, 7) is 2.74. The number of aryl methyl sites for hydroxylation is 1. The third-order valence-corrected chi connectivity index (χ3v) is 5.83. The number of piperidine rings is 1. The number of ketones is 1. The average molecular weight is 355 g/mol. The van der Waals surface area contributed by atoms with Gasteiger partial charge in [-0.15, -0.1) is 11.3 Å². The van der Waals surface area contributed by atoms with E-state index in [4.69, 9.17) is 0 Å². The SMILES string of the molecule is Cn1ccnc1C(=O)[C@H]1CCCN(Cc2ccc(-c3ccn[nH]3)s2)C1. The molecule has 1 N–H and O–H groups in total. The van der Waals surface area contributed by atoms with Crippen molar-refractivity contribution in [3.63, 3.8) is 0 Å². The molecule has 3 aromatic heterocycles. The lowest BCUT2D eigenvalue weighted by Gasteiger charge is -2.31. The van der Waals surface area contributed by atoms with Crippen molar-refractivity contribution in [2.45, 2.75) is 19.4 Å². The Hall–Kier alpha value is -2.25. The van der Waals surface area contributed by atoms with Crippen molar-refractivity contribution in [2.75, 3.05) is 13.1 Å². The number of aromatic amines is 1. The van der Waals surface area contributed by atoms with E-state index < -0.39 is 0 Å². The number of hydrogen-bond donors (Lipinski definition) is 1. The highest BCUT2D eigenvalue weighted by atomic mass is 32.1. The van der Waals surface area contributed by atoms with Crippen LogP contribution in [0.4, 0.5) is 0 Å². The van der Waals surface area contributed by atoms with Gasteiger partial charge in [-0.25, -0.2) is 4.98 Å². The Balaban J connectivity index is 1.42. The van der Waals surface area contributed by atoms with Crippen LogP contribution in [0, 0.1) is 5.92 Å². The van der Waals surface area contributed by atoms with Crippen molar-refractivity contribution in [3.8, 4) is 10.6 Å². The van der Waals surface area contributed by atoms with Crippen molar-refractivity contribution in [2.24, 2.45) is 13.0 Å². The molecular weight excluding hydrogens is 334 g/mol. The molecule has 1 aliphatic rings. The topological polar surface area (TPSA) is 66.8 Å². The van der Waals surface area contributed by atoms with E-state index in [1.165, 1.54) is 9.75 Å². The van der Waals surface area contributed by atoms with Crippen molar-refractivity contribution in [1.29, 1.82) is 0 Å². The fourth-order valence-corrected chi connectivity index (χ4v) is 4.45. The van der Waals surface area contributed by atoms with Crippen LogP contribution in [0.3, 0.4) is 0 Å². The number of aromatic nitrogens is 4. The molecular formula is C18H21N5OS. The van der Waals surface area contributed by atoms with E-state index in [1.807, 2.05) is 23.9 Å². The van der Waals surface area contributed by atoms with Crippen molar-refractivity contribution in [1.82, 2.24) is 24.6 Å². The van der Waals surface area contributed by atoms with Crippen molar-refractivity contribution >= 4 is 17.1 Å². The number of nitrogens with one attached hydrogen (secondary N) is 1. The second-order valence-corrected chi connectivity index (χ2v) is 7.70. The molecule has 0 amide bonds. The highest BCUT2D eigenvalue weighted by molar-refractivity contribution is 7.15. The first-order valence-corrected chi connectivity index (χ1v) is 9.34. The zero-order chi connectivity index (χ0) is 17.2. The predicted molar refractivity (Wildman–Crippen MR) is 97.4 cm³/mol. The normalized spacial score (nSPS) is 18.5. The fourth-order valence-electron chi connectivity index (χ4n) is 3.42. The minimum atomic E-state index is 0.0434. The minimum Gasteiger partial charge on any atom is -0.332 e. The standard InChI is InChI=1S/C18H21N5OS/c1-22-10-8-19-18(22)17(24)13-3-2-9-23(11-13)12-14-4-5-16(25-14)15-6-7-20-21-15/h4-8,10,13H,2-3,9,11-12H2,1H3,(H,20,21)/t13-/m0/s1. The largest absolute Gasteiger partial charge is 0.332 e. The van der Waals surface area contributed by atoms with Gasteiger partial charge in [0.2, 0.25) is 5.78 Å². The van der Waals surface area contributed by atoms with Gasteiger partial charge in [-0.05, 0) is 37.6 Å². The van der Waals surface area contributed by atoms with E-state index in [2.05, 4.69) is 32.2 Å². The summed E-state index contributed by atoms with van der Waals surface area (Å²) in [5, 5.41) is 7.02. The summed E-state index contributed by atoms with van der Waals surface area (Å²) >= 11 is 1.78. The molecule has 0 aromatic carbocycles. The Bertz CT molecular complexity index is 851. The zero-order valence-corrected chi connectivity index (χ0v) is 15.0.